The van der Waals surface area contributed by atoms with Crippen LogP contribution in [0.25, 0.3) is 0 Å². The van der Waals surface area contributed by atoms with Gasteiger partial charge in [0.25, 0.3) is 0 Å². The van der Waals surface area contributed by atoms with Crippen LogP contribution in [0.1, 0.15) is 49.7 Å². The van der Waals surface area contributed by atoms with Gasteiger partial charge in [-0.25, -0.2) is 0 Å². The first kappa shape index (κ1) is 15.9. The summed E-state index contributed by atoms with van der Waals surface area (Å²) < 4.78 is 5.18. The smallest absolute Gasteiger partial charge is 0.311 e. The fourth-order valence-corrected chi connectivity index (χ4v) is 5.70. The maximum Gasteiger partial charge on any atom is 0.311 e. The Hall–Kier alpha value is -1.55. The number of benzene rings is 1. The lowest BCUT2D eigenvalue weighted by Gasteiger charge is -2.44. The number of ether oxygens (including phenoxy) is 1. The Morgan fingerprint density at radius 3 is 2.83 bits per heavy atom. The van der Waals surface area contributed by atoms with Crippen molar-refractivity contribution >= 4 is 5.97 Å². The molecule has 0 saturated heterocycles. The highest BCUT2D eigenvalue weighted by atomic mass is 16.5. The minimum Gasteiger partial charge on any atom is -0.508 e. The Balaban J connectivity index is 1.59. The number of carbonyl (C=O) groups is 1. The molecule has 5 unspecified atom stereocenters. The van der Waals surface area contributed by atoms with Gasteiger partial charge >= 0.3 is 5.97 Å². The van der Waals surface area contributed by atoms with Gasteiger partial charge in [0.2, 0.25) is 0 Å². The topological polar surface area (TPSA) is 66.8 Å². The molecule has 0 amide bonds. The third-order valence-electron chi connectivity index (χ3n) is 6.67. The molecule has 4 nitrogen and oxygen atoms in total. The number of rotatable bonds is 2. The summed E-state index contributed by atoms with van der Waals surface area (Å²) in [6, 6.07) is 5.77. The molecular weight excluding hydrogens is 304 g/mol. The molecular formula is C20H26O4. The van der Waals surface area contributed by atoms with Gasteiger partial charge in [0.15, 0.2) is 0 Å². The SMILES string of the molecule is CCOC(=O)[C@@H]1CC2C3CCc4cc(O)ccc4C3CCC2C1O. The lowest BCUT2D eigenvalue weighted by molar-refractivity contribution is -0.151. The highest BCUT2D eigenvalue weighted by Crippen LogP contribution is 2.56. The molecule has 2 saturated carbocycles. The number of phenols is 1. The molecule has 130 valence electrons. The Bertz CT molecular complexity index is 641. The van der Waals surface area contributed by atoms with E-state index in [0.717, 1.165) is 32.1 Å². The minimum absolute atomic E-state index is 0.225. The van der Waals surface area contributed by atoms with Crippen molar-refractivity contribution < 1.29 is 19.7 Å². The lowest BCUT2D eigenvalue weighted by atomic mass is 9.61. The number of carbonyl (C=O) groups excluding carboxylic acids is 1. The van der Waals surface area contributed by atoms with Crippen molar-refractivity contribution in [2.45, 2.75) is 51.0 Å². The Kier molecular flexibility index (Phi) is 4.03. The molecule has 3 aliphatic rings. The first-order valence-corrected chi connectivity index (χ1v) is 9.26. The molecule has 0 bridgehead atoms. The van der Waals surface area contributed by atoms with Crippen molar-refractivity contribution in [1.29, 1.82) is 0 Å². The third kappa shape index (κ3) is 2.43. The number of aliphatic hydroxyl groups excluding tert-OH is 1. The van der Waals surface area contributed by atoms with E-state index in [-0.39, 0.29) is 17.8 Å². The second kappa shape index (κ2) is 6.07. The molecule has 0 aliphatic heterocycles. The molecule has 24 heavy (non-hydrogen) atoms. The van der Waals surface area contributed by atoms with Gasteiger partial charge in [-0.1, -0.05) is 6.07 Å². The van der Waals surface area contributed by atoms with Crippen molar-refractivity contribution in [1.82, 2.24) is 0 Å². The molecule has 0 radical (unpaired) electrons. The maximum atomic E-state index is 12.2. The van der Waals surface area contributed by atoms with Gasteiger partial charge in [0.1, 0.15) is 5.75 Å². The molecule has 1 aromatic carbocycles. The Morgan fingerprint density at radius 2 is 2.04 bits per heavy atom. The summed E-state index contributed by atoms with van der Waals surface area (Å²) in [5, 5.41) is 20.4. The summed E-state index contributed by atoms with van der Waals surface area (Å²) in [4.78, 5) is 12.2. The van der Waals surface area contributed by atoms with Gasteiger partial charge in [-0.2, -0.15) is 0 Å². The van der Waals surface area contributed by atoms with Gasteiger partial charge in [-0.05, 0) is 86.0 Å². The van der Waals surface area contributed by atoms with Crippen LogP contribution in [0.15, 0.2) is 18.2 Å². The highest BCUT2D eigenvalue weighted by Gasteiger charge is 2.53. The number of aryl methyl sites for hydroxylation is 1. The number of aliphatic hydroxyl groups is 1. The molecule has 4 heteroatoms. The van der Waals surface area contributed by atoms with Gasteiger partial charge < -0.3 is 14.9 Å². The van der Waals surface area contributed by atoms with Gasteiger partial charge in [-0.3, -0.25) is 4.79 Å². The standard InChI is InChI=1S/C20H26O4/c1-2-24-20(23)18-10-17-15-5-3-11-9-12(21)4-6-13(11)14(15)7-8-16(17)19(18)22/h4,6,9,14-19,21-22H,2-3,5,7-8,10H2,1H3/t14?,15?,16?,17?,18-,19?/m1/s1. The zero-order chi connectivity index (χ0) is 16.8. The van der Waals surface area contributed by atoms with Crippen LogP contribution in [0, 0.1) is 23.7 Å². The highest BCUT2D eigenvalue weighted by molar-refractivity contribution is 5.73. The van der Waals surface area contributed by atoms with Crippen molar-refractivity contribution in [3.63, 3.8) is 0 Å². The quantitative estimate of drug-likeness (QED) is 0.818. The van der Waals surface area contributed by atoms with Crippen molar-refractivity contribution in [2.75, 3.05) is 6.61 Å². The summed E-state index contributed by atoms with van der Waals surface area (Å²) >= 11 is 0. The van der Waals surface area contributed by atoms with Gasteiger partial charge in [-0.15, -0.1) is 0 Å². The fraction of sp³-hybridized carbons (Fsp3) is 0.650. The van der Waals surface area contributed by atoms with E-state index in [0.29, 0.717) is 30.1 Å². The number of hydrogen-bond donors (Lipinski definition) is 2. The van der Waals surface area contributed by atoms with E-state index in [1.165, 1.54) is 11.1 Å². The maximum absolute atomic E-state index is 12.2. The number of aromatic hydroxyl groups is 1. The van der Waals surface area contributed by atoms with E-state index in [9.17, 15) is 15.0 Å². The molecule has 6 atom stereocenters. The van der Waals surface area contributed by atoms with E-state index in [2.05, 4.69) is 6.07 Å². The van der Waals surface area contributed by atoms with E-state index in [1.807, 2.05) is 13.0 Å². The van der Waals surface area contributed by atoms with E-state index in [1.54, 1.807) is 6.07 Å². The molecule has 0 aromatic heterocycles. The van der Waals surface area contributed by atoms with Crippen LogP contribution < -0.4 is 0 Å². The average Bonchev–Trinajstić information content (AvgIpc) is 2.91. The molecule has 2 N–H and O–H groups in total. The second-order valence-electron chi connectivity index (χ2n) is 7.68. The van der Waals surface area contributed by atoms with Crippen LogP contribution in [-0.2, 0) is 16.0 Å². The summed E-state index contributed by atoms with van der Waals surface area (Å²) in [6.45, 7) is 2.19. The summed E-state index contributed by atoms with van der Waals surface area (Å²) in [7, 11) is 0. The molecule has 0 heterocycles. The van der Waals surface area contributed by atoms with Crippen LogP contribution in [0.5, 0.6) is 5.75 Å². The number of phenolic OH excluding ortho intramolecular Hbond substituents is 1. The van der Waals surface area contributed by atoms with Gasteiger partial charge in [0, 0.05) is 0 Å². The number of esters is 1. The molecule has 4 rings (SSSR count). The first-order chi connectivity index (χ1) is 11.6. The largest absolute Gasteiger partial charge is 0.508 e. The van der Waals surface area contributed by atoms with Crippen LogP contribution in [0.4, 0.5) is 0 Å². The van der Waals surface area contributed by atoms with Crippen LogP contribution in [0.3, 0.4) is 0 Å². The minimum atomic E-state index is -0.545. The van der Waals surface area contributed by atoms with E-state index in [4.69, 9.17) is 4.74 Å². The molecule has 1 aromatic rings. The van der Waals surface area contributed by atoms with Crippen LogP contribution >= 0.6 is 0 Å². The predicted octanol–water partition coefficient (Wildman–Crippen LogP) is 3.01. The van der Waals surface area contributed by atoms with Crippen molar-refractivity contribution in [2.24, 2.45) is 23.7 Å². The third-order valence-corrected chi connectivity index (χ3v) is 6.67. The van der Waals surface area contributed by atoms with E-state index < -0.39 is 6.10 Å². The van der Waals surface area contributed by atoms with Gasteiger partial charge in [0.05, 0.1) is 18.6 Å². The van der Waals surface area contributed by atoms with E-state index >= 15 is 0 Å². The molecule has 0 spiro atoms. The van der Waals surface area contributed by atoms with Crippen molar-refractivity contribution in [3.05, 3.63) is 29.3 Å². The number of fused-ring (bicyclic) bond motifs is 5. The normalized spacial score (nSPS) is 37.2. The summed E-state index contributed by atoms with van der Waals surface area (Å²) in [5.74, 6) is 1.46. The zero-order valence-electron chi connectivity index (χ0n) is 14.1. The van der Waals surface area contributed by atoms with Crippen LogP contribution in [-0.4, -0.2) is 28.9 Å². The molecule has 2 fully saturated rings. The monoisotopic (exact) mass is 330 g/mol. The Morgan fingerprint density at radius 1 is 1.21 bits per heavy atom. The van der Waals surface area contributed by atoms with Crippen LogP contribution in [0.2, 0.25) is 0 Å². The molecule has 3 aliphatic carbocycles. The predicted molar refractivity (Wildman–Crippen MR) is 89.6 cm³/mol. The zero-order valence-corrected chi connectivity index (χ0v) is 14.1. The number of hydrogen-bond acceptors (Lipinski definition) is 4. The summed E-state index contributed by atoms with van der Waals surface area (Å²) in [5.41, 5.74) is 2.65. The summed E-state index contributed by atoms with van der Waals surface area (Å²) in [6.07, 6.45) is 4.33. The fourth-order valence-electron chi connectivity index (χ4n) is 5.70. The Labute approximate surface area is 142 Å². The first-order valence-electron chi connectivity index (χ1n) is 9.26. The lowest BCUT2D eigenvalue weighted by Crippen LogP contribution is -2.37. The second-order valence-corrected chi connectivity index (χ2v) is 7.68. The van der Waals surface area contributed by atoms with Crippen molar-refractivity contribution in [3.8, 4) is 5.75 Å². The average molecular weight is 330 g/mol.